The van der Waals surface area contributed by atoms with Crippen molar-refractivity contribution in [3.05, 3.63) is 173 Å². The van der Waals surface area contributed by atoms with Crippen molar-refractivity contribution in [1.82, 2.24) is 0 Å². The molecule has 0 atom stereocenters. The SMILES string of the molecule is Cc1cc2c(cc1N1c3cc4c(oc5ccccc54)c4c3B(c3sc5ccc(-c6ccccc6)cc5c31)N(c1ccc(C(C)(C)C)cc1)c1cc3sc5cc6c(cc5c3cc1-4)C(C)(C)CCC6(C)C)C(C)(C)CCC2(C)C. The van der Waals surface area contributed by atoms with Gasteiger partial charge in [-0.3, -0.25) is 0 Å². The molecule has 8 aromatic carbocycles. The number of hydrogen-bond acceptors (Lipinski definition) is 5. The molecule has 4 aliphatic rings. The minimum Gasteiger partial charge on any atom is -0.455 e. The van der Waals surface area contributed by atoms with Crippen molar-refractivity contribution in [3.63, 3.8) is 0 Å². The monoisotopic (exact) mass is 1040 g/mol. The van der Waals surface area contributed by atoms with E-state index in [1.54, 1.807) is 0 Å². The zero-order valence-electron chi connectivity index (χ0n) is 46.8. The number of fused-ring (bicyclic) bond motifs is 15. The van der Waals surface area contributed by atoms with Gasteiger partial charge in [-0.1, -0.05) is 149 Å². The Bertz CT molecular complexity index is 4350. The highest BCUT2D eigenvalue weighted by atomic mass is 32.1. The number of nitrogens with zero attached hydrogens (tertiary/aromatic N) is 2. The average molecular weight is 1040 g/mol. The van der Waals surface area contributed by atoms with Gasteiger partial charge < -0.3 is 14.1 Å². The summed E-state index contributed by atoms with van der Waals surface area (Å²) < 4.78 is 12.7. The zero-order chi connectivity index (χ0) is 53.0. The first kappa shape index (κ1) is 47.6. The summed E-state index contributed by atoms with van der Waals surface area (Å²) in [4.78, 5) is 5.46. The summed E-state index contributed by atoms with van der Waals surface area (Å²) in [6, 6.07) is 54.5. The average Bonchev–Trinajstić information content (AvgIpc) is 4.12. The van der Waals surface area contributed by atoms with Crippen molar-refractivity contribution in [3.8, 4) is 22.3 Å². The van der Waals surface area contributed by atoms with Crippen molar-refractivity contribution in [2.75, 3.05) is 9.71 Å². The van der Waals surface area contributed by atoms with Crippen LogP contribution in [-0.2, 0) is 27.1 Å². The van der Waals surface area contributed by atoms with Crippen LogP contribution in [0.4, 0.5) is 28.4 Å². The third-order valence-electron chi connectivity index (χ3n) is 19.2. The molecule has 15 rings (SSSR count). The minimum atomic E-state index is -0.163. The molecule has 0 bridgehead atoms. The van der Waals surface area contributed by atoms with Crippen LogP contribution in [0.1, 0.15) is 135 Å². The Kier molecular flexibility index (Phi) is 9.76. The van der Waals surface area contributed by atoms with E-state index in [4.69, 9.17) is 4.42 Å². The van der Waals surface area contributed by atoms with Crippen LogP contribution in [0.25, 0.3) is 74.5 Å². The highest BCUT2D eigenvalue weighted by Gasteiger charge is 2.50. The molecule has 2 aliphatic carbocycles. The lowest BCUT2D eigenvalue weighted by atomic mass is 9.46. The molecule has 5 heterocycles. The van der Waals surface area contributed by atoms with E-state index in [0.717, 1.165) is 28.4 Å². The van der Waals surface area contributed by atoms with Crippen molar-refractivity contribution >= 4 is 120 Å². The molecule has 3 nitrogen and oxygen atoms in total. The van der Waals surface area contributed by atoms with Crippen molar-refractivity contribution < 1.29 is 4.42 Å². The van der Waals surface area contributed by atoms with Gasteiger partial charge in [-0.05, 0) is 176 Å². The summed E-state index contributed by atoms with van der Waals surface area (Å²) in [5.74, 6) is 0. The van der Waals surface area contributed by atoms with Gasteiger partial charge in [-0.15, -0.1) is 22.7 Å². The molecule has 0 fully saturated rings. The lowest BCUT2D eigenvalue weighted by Gasteiger charge is -2.46. The maximum absolute atomic E-state index is 7.35. The highest BCUT2D eigenvalue weighted by Crippen LogP contribution is 2.57. The van der Waals surface area contributed by atoms with Gasteiger partial charge in [0.2, 0.25) is 0 Å². The topological polar surface area (TPSA) is 19.6 Å². The van der Waals surface area contributed by atoms with E-state index < -0.39 is 0 Å². The maximum atomic E-state index is 7.35. The van der Waals surface area contributed by atoms with Crippen LogP contribution < -0.4 is 20.0 Å². The summed E-state index contributed by atoms with van der Waals surface area (Å²) >= 11 is 3.94. The smallest absolute Gasteiger partial charge is 0.343 e. The number of hydrogen-bond donors (Lipinski definition) is 0. The fraction of sp³-hybridized carbons (Fsp3) is 0.296. The second-order valence-corrected chi connectivity index (χ2v) is 29.2. The van der Waals surface area contributed by atoms with Crippen LogP contribution in [0, 0.1) is 6.92 Å². The molecule has 77 heavy (non-hydrogen) atoms. The van der Waals surface area contributed by atoms with Gasteiger partial charge >= 0.3 is 6.85 Å². The number of benzene rings is 8. The lowest BCUT2D eigenvalue weighted by Crippen LogP contribution is -2.60. The Morgan fingerprint density at radius 1 is 0.506 bits per heavy atom. The molecule has 0 saturated carbocycles. The molecular formula is C71H67BN2OS2. The Balaban J connectivity index is 1.11. The molecule has 0 unspecified atom stereocenters. The molecule has 382 valence electrons. The van der Waals surface area contributed by atoms with Gasteiger partial charge in [0.15, 0.2) is 0 Å². The maximum Gasteiger partial charge on any atom is 0.343 e. The number of furan rings is 1. The molecule has 6 heteroatoms. The van der Waals surface area contributed by atoms with E-state index in [0.29, 0.717) is 0 Å². The number of aryl methyl sites for hydroxylation is 1. The number of thiophene rings is 2. The quantitative estimate of drug-likeness (QED) is 0.164. The van der Waals surface area contributed by atoms with Crippen molar-refractivity contribution in [2.45, 2.75) is 136 Å². The first-order valence-corrected chi connectivity index (χ1v) is 29.8. The van der Waals surface area contributed by atoms with E-state index in [9.17, 15) is 0 Å². The van der Waals surface area contributed by atoms with E-state index >= 15 is 0 Å². The predicted octanol–water partition coefficient (Wildman–Crippen LogP) is 19.8. The standard InChI is InChI=1S/C71H67BN2OS2/c1-40-32-51-53(70(9,10)30-28-68(51,5)6)37-55(40)73-57-36-48-45-20-16-17-21-58(45)75-65(48)62-49-34-46-47-35-52-54(71(11,12)31-29-69(52,7)8)38-60(47)76-61(46)39-56(49)74(44-25-23-43(24-26-44)67(2,3)4)72(63(57)62)66-64(73)50-33-42(22-27-59(50)77-66)41-18-14-13-15-19-41/h13-27,32-39H,28-31H2,1-12H3. The summed E-state index contributed by atoms with van der Waals surface area (Å²) in [6.45, 7) is 28.9. The van der Waals surface area contributed by atoms with Gasteiger partial charge in [-0.25, -0.2) is 0 Å². The van der Waals surface area contributed by atoms with Crippen LogP contribution in [0.3, 0.4) is 0 Å². The van der Waals surface area contributed by atoms with Gasteiger partial charge in [0.05, 0.1) is 5.69 Å². The van der Waals surface area contributed by atoms with Crippen LogP contribution in [0.2, 0.25) is 0 Å². The van der Waals surface area contributed by atoms with Gasteiger partial charge in [0, 0.05) is 79.7 Å². The third-order valence-corrected chi connectivity index (χ3v) is 21.6. The van der Waals surface area contributed by atoms with Crippen molar-refractivity contribution in [2.24, 2.45) is 0 Å². The molecule has 0 radical (unpaired) electrons. The Morgan fingerprint density at radius 3 is 1.83 bits per heavy atom. The Hall–Kier alpha value is -6.60. The molecule has 11 aromatic rings. The first-order valence-electron chi connectivity index (χ1n) is 28.2. The summed E-state index contributed by atoms with van der Waals surface area (Å²) in [5.41, 5.74) is 23.2. The summed E-state index contributed by atoms with van der Waals surface area (Å²) in [6.07, 6.45) is 4.70. The Morgan fingerprint density at radius 2 is 1.13 bits per heavy atom. The lowest BCUT2D eigenvalue weighted by molar-refractivity contribution is 0.332. The summed E-state index contributed by atoms with van der Waals surface area (Å²) in [7, 11) is 0. The molecule has 0 spiro atoms. The molecule has 0 N–H and O–H groups in total. The van der Waals surface area contributed by atoms with E-state index in [2.05, 4.69) is 232 Å². The Labute approximate surface area is 462 Å². The largest absolute Gasteiger partial charge is 0.455 e. The number of anilines is 5. The first-order chi connectivity index (χ1) is 36.7. The van der Waals surface area contributed by atoms with Gasteiger partial charge in [0.1, 0.15) is 11.2 Å². The van der Waals surface area contributed by atoms with E-state index in [1.165, 1.54) is 144 Å². The molecular weight excluding hydrogens is 972 g/mol. The van der Waals surface area contributed by atoms with Crippen LogP contribution >= 0.6 is 22.7 Å². The van der Waals surface area contributed by atoms with Crippen LogP contribution in [-0.4, -0.2) is 6.85 Å². The van der Waals surface area contributed by atoms with Crippen LogP contribution in [0.5, 0.6) is 0 Å². The van der Waals surface area contributed by atoms with E-state index in [1.807, 2.05) is 22.7 Å². The zero-order valence-corrected chi connectivity index (χ0v) is 48.4. The normalized spacial score (nSPS) is 17.7. The number of para-hydroxylation sites is 1. The summed E-state index contributed by atoms with van der Waals surface area (Å²) in [5, 5.41) is 6.29. The second kappa shape index (κ2) is 15.8. The fourth-order valence-electron chi connectivity index (χ4n) is 14.4. The van der Waals surface area contributed by atoms with E-state index in [-0.39, 0.29) is 33.9 Å². The van der Waals surface area contributed by atoms with Crippen molar-refractivity contribution in [1.29, 1.82) is 0 Å². The molecule has 2 aliphatic heterocycles. The highest BCUT2D eigenvalue weighted by molar-refractivity contribution is 7.32. The third kappa shape index (κ3) is 6.80. The molecule has 0 amide bonds. The van der Waals surface area contributed by atoms with Gasteiger partial charge in [-0.2, -0.15) is 0 Å². The second-order valence-electron chi connectivity index (χ2n) is 27.0. The molecule has 3 aromatic heterocycles. The minimum absolute atomic E-state index is 0.00744. The fourth-order valence-corrected chi connectivity index (χ4v) is 16.9. The van der Waals surface area contributed by atoms with Gasteiger partial charge in [0.25, 0.3) is 0 Å². The number of rotatable bonds is 3. The van der Waals surface area contributed by atoms with Crippen LogP contribution in [0.15, 0.2) is 144 Å². The predicted molar refractivity (Wildman–Crippen MR) is 335 cm³/mol. The molecule has 0 saturated heterocycles.